The predicted molar refractivity (Wildman–Crippen MR) is 85.4 cm³/mol. The molecule has 0 bridgehead atoms. The van der Waals surface area contributed by atoms with Gasteiger partial charge in [0, 0.05) is 24.7 Å². The molecule has 1 aromatic carbocycles. The molecule has 0 saturated carbocycles. The summed E-state index contributed by atoms with van der Waals surface area (Å²) in [6.07, 6.45) is -1.13. The summed E-state index contributed by atoms with van der Waals surface area (Å²) in [6, 6.07) is 6.97. The maximum Gasteiger partial charge on any atom is 0.260 e. The van der Waals surface area contributed by atoms with Crippen molar-refractivity contribution in [3.05, 3.63) is 29.8 Å². The van der Waals surface area contributed by atoms with E-state index in [1.165, 1.54) is 16.8 Å². The Morgan fingerprint density at radius 3 is 2.77 bits per heavy atom. The minimum Gasteiger partial charge on any atom is -0.362 e. The molecule has 8 heteroatoms. The van der Waals surface area contributed by atoms with Crippen LogP contribution in [0.1, 0.15) is 12.0 Å². The number of benzene rings is 1. The number of anilines is 1. The Hall–Kier alpha value is -1.41. The lowest BCUT2D eigenvalue weighted by Crippen LogP contribution is -2.67. The van der Waals surface area contributed by atoms with Crippen LogP contribution in [-0.2, 0) is 15.3 Å². The molecule has 4 atom stereocenters. The van der Waals surface area contributed by atoms with Gasteiger partial charge in [0.1, 0.15) is 6.17 Å². The van der Waals surface area contributed by atoms with Crippen LogP contribution < -0.4 is 5.32 Å². The number of amides is 2. The second-order valence-electron chi connectivity index (χ2n) is 5.95. The molecule has 0 aliphatic carbocycles. The smallest absolute Gasteiger partial charge is 0.260 e. The fourth-order valence-corrected chi connectivity index (χ4v) is 4.50. The van der Waals surface area contributed by atoms with E-state index in [0.717, 1.165) is 0 Å². The first-order valence-electron chi connectivity index (χ1n) is 6.86. The van der Waals surface area contributed by atoms with E-state index < -0.39 is 33.9 Å². The minimum absolute atomic E-state index is 0.187. The number of thiol groups is 2. The first-order chi connectivity index (χ1) is 10.3. The van der Waals surface area contributed by atoms with Gasteiger partial charge in [0.2, 0.25) is 0 Å². The number of nitrogens with one attached hydrogen (secondary N) is 1. The Bertz CT molecular complexity index is 717. The van der Waals surface area contributed by atoms with E-state index in [1.54, 1.807) is 24.3 Å². The van der Waals surface area contributed by atoms with Gasteiger partial charge in [-0.1, -0.05) is 18.2 Å². The molecule has 1 N–H and O–H groups in total. The topological polar surface area (TPSA) is 52.7 Å². The summed E-state index contributed by atoms with van der Waals surface area (Å²) < 4.78 is 15.7. The highest BCUT2D eigenvalue weighted by atomic mass is 32.1. The Kier molecular flexibility index (Phi) is 2.65. The summed E-state index contributed by atoms with van der Waals surface area (Å²) in [7, 11) is 1.48. The zero-order valence-corrected chi connectivity index (χ0v) is 13.4. The van der Waals surface area contributed by atoms with Crippen molar-refractivity contribution in [3.8, 4) is 0 Å². The fraction of sp³-hybridized carbons (Fsp3) is 0.429. The standard InChI is InChI=1S/C14H14FN3O2S2/c1-17-10(21)9(19)18-11-13(15,6-14(18,22)12(17)20)7-4-2-3-5-8(7)16-11/h2-5,10-11,16,21-22H,6H2,1H3/t10-,11+,13-,14-/m0/s1. The molecule has 4 rings (SSSR count). The molecular formula is C14H14FN3O2S2. The molecule has 5 nitrogen and oxygen atoms in total. The summed E-state index contributed by atoms with van der Waals surface area (Å²) in [5.41, 5.74) is -0.746. The summed E-state index contributed by atoms with van der Waals surface area (Å²) in [5, 5.41) is 2.09. The molecule has 0 aromatic heterocycles. The van der Waals surface area contributed by atoms with Crippen molar-refractivity contribution in [1.82, 2.24) is 9.80 Å². The Morgan fingerprint density at radius 1 is 1.36 bits per heavy atom. The van der Waals surface area contributed by atoms with Crippen molar-refractivity contribution >= 4 is 42.8 Å². The van der Waals surface area contributed by atoms with Gasteiger partial charge in [-0.25, -0.2) is 4.39 Å². The van der Waals surface area contributed by atoms with Crippen LogP contribution >= 0.6 is 25.3 Å². The average molecular weight is 339 g/mol. The van der Waals surface area contributed by atoms with Gasteiger partial charge in [-0.15, -0.1) is 25.3 Å². The van der Waals surface area contributed by atoms with Crippen LogP contribution in [0, 0.1) is 0 Å². The summed E-state index contributed by atoms with van der Waals surface area (Å²) in [4.78, 5) is 26.1. The number of hydrogen-bond acceptors (Lipinski definition) is 5. The van der Waals surface area contributed by atoms with Crippen LogP contribution in [0.5, 0.6) is 0 Å². The molecule has 0 spiro atoms. The van der Waals surface area contributed by atoms with E-state index in [4.69, 9.17) is 0 Å². The van der Waals surface area contributed by atoms with Crippen molar-refractivity contribution in [2.24, 2.45) is 0 Å². The second kappa shape index (κ2) is 4.11. The molecule has 3 heterocycles. The van der Waals surface area contributed by atoms with Gasteiger partial charge in [-0.3, -0.25) is 14.5 Å². The molecule has 1 aromatic rings. The monoisotopic (exact) mass is 339 g/mol. The molecule has 2 saturated heterocycles. The third-order valence-corrected chi connectivity index (χ3v) is 5.88. The first kappa shape index (κ1) is 14.2. The molecule has 22 heavy (non-hydrogen) atoms. The third-order valence-electron chi connectivity index (χ3n) is 4.75. The highest BCUT2D eigenvalue weighted by molar-refractivity contribution is 7.83. The number of halogens is 1. The quantitative estimate of drug-likeness (QED) is 0.623. The third kappa shape index (κ3) is 1.42. The molecular weight excluding hydrogens is 325 g/mol. The van der Waals surface area contributed by atoms with E-state index in [-0.39, 0.29) is 6.42 Å². The molecule has 0 radical (unpaired) electrons. The highest BCUT2D eigenvalue weighted by Crippen LogP contribution is 2.58. The van der Waals surface area contributed by atoms with E-state index in [1.807, 2.05) is 0 Å². The lowest BCUT2D eigenvalue weighted by Gasteiger charge is -2.45. The van der Waals surface area contributed by atoms with Gasteiger partial charge in [0.25, 0.3) is 11.8 Å². The summed E-state index contributed by atoms with van der Waals surface area (Å²) in [5.74, 6) is -0.841. The number of hydrogen-bond donors (Lipinski definition) is 3. The van der Waals surface area contributed by atoms with Gasteiger partial charge in [0.15, 0.2) is 15.9 Å². The average Bonchev–Trinajstić information content (AvgIpc) is 2.89. The van der Waals surface area contributed by atoms with Gasteiger partial charge in [0.05, 0.1) is 0 Å². The molecule has 2 amide bonds. The number of fused-ring (bicyclic) bond motifs is 5. The lowest BCUT2D eigenvalue weighted by atomic mass is 9.92. The van der Waals surface area contributed by atoms with Gasteiger partial charge in [-0.2, -0.15) is 0 Å². The number of rotatable bonds is 0. The van der Waals surface area contributed by atoms with Gasteiger partial charge < -0.3 is 10.2 Å². The highest BCUT2D eigenvalue weighted by Gasteiger charge is 2.70. The van der Waals surface area contributed by atoms with E-state index in [0.29, 0.717) is 11.3 Å². The fourth-order valence-electron chi connectivity index (χ4n) is 3.67. The Morgan fingerprint density at radius 2 is 2.05 bits per heavy atom. The Balaban J connectivity index is 1.88. The lowest BCUT2D eigenvalue weighted by molar-refractivity contribution is -0.157. The minimum atomic E-state index is -1.84. The van der Waals surface area contributed by atoms with Crippen molar-refractivity contribution in [2.75, 3.05) is 12.4 Å². The number of carbonyl (C=O) groups excluding carboxylic acids is 2. The molecule has 3 aliphatic heterocycles. The number of para-hydroxylation sites is 1. The van der Waals surface area contributed by atoms with Crippen molar-refractivity contribution in [1.29, 1.82) is 0 Å². The maximum absolute atomic E-state index is 15.7. The second-order valence-corrected chi connectivity index (χ2v) is 7.18. The molecule has 0 unspecified atom stereocenters. The van der Waals surface area contributed by atoms with Crippen molar-refractivity contribution in [2.45, 2.75) is 28.5 Å². The van der Waals surface area contributed by atoms with E-state index in [2.05, 4.69) is 30.6 Å². The van der Waals surface area contributed by atoms with Crippen LogP contribution in [0.25, 0.3) is 0 Å². The zero-order chi connectivity index (χ0) is 15.9. The first-order valence-corrected chi connectivity index (χ1v) is 7.83. The Labute approximate surface area is 137 Å². The molecule has 2 fully saturated rings. The van der Waals surface area contributed by atoms with Crippen molar-refractivity contribution < 1.29 is 14.0 Å². The normalized spacial score (nSPS) is 39.5. The van der Waals surface area contributed by atoms with E-state index in [9.17, 15) is 9.59 Å². The number of piperazine rings is 1. The van der Waals surface area contributed by atoms with Crippen LogP contribution in [-0.4, -0.2) is 45.1 Å². The van der Waals surface area contributed by atoms with Gasteiger partial charge >= 0.3 is 0 Å². The largest absolute Gasteiger partial charge is 0.362 e. The van der Waals surface area contributed by atoms with Gasteiger partial charge in [-0.05, 0) is 6.07 Å². The number of nitrogens with zero attached hydrogens (tertiary/aromatic N) is 2. The number of likely N-dealkylation sites (N-methyl/N-ethyl adjacent to an activating group) is 1. The number of carbonyl (C=O) groups is 2. The van der Waals surface area contributed by atoms with Crippen LogP contribution in [0.2, 0.25) is 0 Å². The molecule has 116 valence electrons. The molecule has 3 aliphatic rings. The van der Waals surface area contributed by atoms with Crippen LogP contribution in [0.4, 0.5) is 10.1 Å². The van der Waals surface area contributed by atoms with Crippen molar-refractivity contribution in [3.63, 3.8) is 0 Å². The predicted octanol–water partition coefficient (Wildman–Crippen LogP) is 1.19. The zero-order valence-electron chi connectivity index (χ0n) is 11.7. The summed E-state index contributed by atoms with van der Waals surface area (Å²) in [6.45, 7) is 0. The SMILES string of the molecule is CN1C(=O)[C@@]2(S)C[C@]3(F)c4ccccc4N[C@@H]3N2C(=O)[C@@H]1S. The summed E-state index contributed by atoms with van der Waals surface area (Å²) >= 11 is 8.59. The maximum atomic E-state index is 15.7. The number of alkyl halides is 1. The van der Waals surface area contributed by atoms with E-state index >= 15 is 4.39 Å². The van der Waals surface area contributed by atoms with Crippen LogP contribution in [0.15, 0.2) is 24.3 Å². The van der Waals surface area contributed by atoms with Crippen LogP contribution in [0.3, 0.4) is 0 Å².